The Labute approximate surface area is 171 Å². The maximum atomic E-state index is 12.8. The zero-order chi connectivity index (χ0) is 21.0. The molecule has 0 unspecified atom stereocenters. The number of piperidine rings is 1. The first kappa shape index (κ1) is 20.9. The predicted molar refractivity (Wildman–Crippen MR) is 108 cm³/mol. The minimum absolute atomic E-state index is 0.0307. The van der Waals surface area contributed by atoms with Crippen LogP contribution >= 0.6 is 0 Å². The van der Waals surface area contributed by atoms with Gasteiger partial charge in [0, 0.05) is 18.7 Å². The Morgan fingerprint density at radius 3 is 2.38 bits per heavy atom. The standard InChI is InChI=1S/C22H29N3O4/c1-4-9-22(21(23)27)10-12-25(13-11-22)20(26)17-5-7-18(8-6-17)28-14-19-15(2)24-29-16(19)3/h5-8H,4,9-14H2,1-3H3,(H2,23,27). The summed E-state index contributed by atoms with van der Waals surface area (Å²) in [5.74, 6) is 1.15. The molecule has 1 aliphatic heterocycles. The number of aromatic nitrogens is 1. The van der Waals surface area contributed by atoms with E-state index in [1.165, 1.54) is 0 Å². The van der Waals surface area contributed by atoms with E-state index >= 15 is 0 Å². The number of carbonyl (C=O) groups excluding carboxylic acids is 2. The number of rotatable bonds is 7. The molecule has 0 bridgehead atoms. The molecule has 3 rings (SSSR count). The summed E-state index contributed by atoms with van der Waals surface area (Å²) in [6.07, 6.45) is 2.94. The van der Waals surface area contributed by atoms with Crippen LogP contribution in [0.4, 0.5) is 0 Å². The molecule has 0 spiro atoms. The van der Waals surface area contributed by atoms with Crippen LogP contribution in [0.1, 0.15) is 60.0 Å². The molecular formula is C22H29N3O4. The average molecular weight is 399 g/mol. The van der Waals surface area contributed by atoms with E-state index in [9.17, 15) is 9.59 Å². The summed E-state index contributed by atoms with van der Waals surface area (Å²) in [6.45, 7) is 7.25. The van der Waals surface area contributed by atoms with Crippen LogP contribution in [0.15, 0.2) is 28.8 Å². The number of aryl methyl sites for hydroxylation is 2. The molecular weight excluding hydrogens is 370 g/mol. The van der Waals surface area contributed by atoms with Gasteiger partial charge in [0.2, 0.25) is 5.91 Å². The van der Waals surface area contributed by atoms with Crippen LogP contribution in [0.2, 0.25) is 0 Å². The molecule has 156 valence electrons. The van der Waals surface area contributed by atoms with Crippen LogP contribution in [0.5, 0.6) is 5.75 Å². The van der Waals surface area contributed by atoms with Crippen molar-refractivity contribution < 1.29 is 18.8 Å². The molecule has 1 aromatic carbocycles. The lowest BCUT2D eigenvalue weighted by Gasteiger charge is -2.39. The van der Waals surface area contributed by atoms with Crippen LogP contribution < -0.4 is 10.5 Å². The molecule has 2 heterocycles. The Bertz CT molecular complexity index is 845. The minimum Gasteiger partial charge on any atom is -0.489 e. The number of hydrogen-bond donors (Lipinski definition) is 1. The molecule has 2 aromatic rings. The van der Waals surface area contributed by atoms with Gasteiger partial charge in [0.1, 0.15) is 18.1 Å². The van der Waals surface area contributed by atoms with Crippen LogP contribution in [-0.2, 0) is 11.4 Å². The number of carbonyl (C=O) groups is 2. The van der Waals surface area contributed by atoms with Gasteiger partial charge < -0.3 is 19.9 Å². The number of primary amides is 1. The second-order valence-corrected chi connectivity index (χ2v) is 7.80. The Balaban J connectivity index is 1.59. The van der Waals surface area contributed by atoms with E-state index in [0.29, 0.717) is 43.9 Å². The predicted octanol–water partition coefficient (Wildman–Crippen LogP) is 3.38. The number of hydrogen-bond acceptors (Lipinski definition) is 5. The van der Waals surface area contributed by atoms with Crippen molar-refractivity contribution in [2.24, 2.45) is 11.1 Å². The van der Waals surface area contributed by atoms with Crippen molar-refractivity contribution in [3.63, 3.8) is 0 Å². The molecule has 0 aliphatic carbocycles. The van der Waals surface area contributed by atoms with Crippen LogP contribution in [0.3, 0.4) is 0 Å². The van der Waals surface area contributed by atoms with E-state index in [4.69, 9.17) is 15.0 Å². The fourth-order valence-electron chi connectivity index (χ4n) is 3.98. The van der Waals surface area contributed by atoms with Crippen molar-refractivity contribution >= 4 is 11.8 Å². The first-order valence-corrected chi connectivity index (χ1v) is 10.1. The van der Waals surface area contributed by atoms with E-state index in [-0.39, 0.29) is 11.8 Å². The smallest absolute Gasteiger partial charge is 0.253 e. The summed E-state index contributed by atoms with van der Waals surface area (Å²) in [7, 11) is 0. The summed E-state index contributed by atoms with van der Waals surface area (Å²) < 4.78 is 10.9. The highest BCUT2D eigenvalue weighted by Crippen LogP contribution is 2.36. The largest absolute Gasteiger partial charge is 0.489 e. The maximum absolute atomic E-state index is 12.8. The third-order valence-electron chi connectivity index (χ3n) is 5.92. The highest BCUT2D eigenvalue weighted by Gasteiger charge is 2.40. The van der Waals surface area contributed by atoms with Gasteiger partial charge in [0.15, 0.2) is 0 Å². The topological polar surface area (TPSA) is 98.7 Å². The molecule has 7 heteroatoms. The van der Waals surface area contributed by atoms with Gasteiger partial charge in [-0.15, -0.1) is 0 Å². The van der Waals surface area contributed by atoms with E-state index in [1.54, 1.807) is 29.2 Å². The zero-order valence-corrected chi connectivity index (χ0v) is 17.4. The number of nitrogens with zero attached hydrogens (tertiary/aromatic N) is 2. The Morgan fingerprint density at radius 2 is 1.86 bits per heavy atom. The minimum atomic E-state index is -0.471. The summed E-state index contributed by atoms with van der Waals surface area (Å²) >= 11 is 0. The van der Waals surface area contributed by atoms with Crippen molar-refractivity contribution in [2.75, 3.05) is 13.1 Å². The first-order chi connectivity index (χ1) is 13.9. The molecule has 1 saturated heterocycles. The van der Waals surface area contributed by atoms with Gasteiger partial charge in [-0.05, 0) is 57.4 Å². The van der Waals surface area contributed by atoms with Crippen molar-refractivity contribution in [3.05, 3.63) is 46.8 Å². The SMILES string of the molecule is CCCC1(C(N)=O)CCN(C(=O)c2ccc(OCc3c(C)noc3C)cc2)CC1. The number of nitrogens with two attached hydrogens (primary N) is 1. The zero-order valence-electron chi connectivity index (χ0n) is 17.4. The van der Waals surface area contributed by atoms with E-state index < -0.39 is 5.41 Å². The molecule has 2 N–H and O–H groups in total. The molecule has 0 atom stereocenters. The fraction of sp³-hybridized carbons (Fsp3) is 0.500. The molecule has 0 radical (unpaired) electrons. The van der Waals surface area contributed by atoms with Crippen molar-refractivity contribution in [1.29, 1.82) is 0 Å². The monoisotopic (exact) mass is 399 g/mol. The van der Waals surface area contributed by atoms with Gasteiger partial charge >= 0.3 is 0 Å². The Hall–Kier alpha value is -2.83. The lowest BCUT2D eigenvalue weighted by atomic mass is 9.74. The van der Waals surface area contributed by atoms with E-state index in [2.05, 4.69) is 12.1 Å². The average Bonchev–Trinajstić information content (AvgIpc) is 3.04. The first-order valence-electron chi connectivity index (χ1n) is 10.1. The fourth-order valence-corrected chi connectivity index (χ4v) is 3.98. The number of likely N-dealkylation sites (tertiary alicyclic amines) is 1. The molecule has 2 amide bonds. The highest BCUT2D eigenvalue weighted by atomic mass is 16.5. The Kier molecular flexibility index (Phi) is 6.25. The van der Waals surface area contributed by atoms with Crippen LogP contribution in [-0.4, -0.2) is 35.0 Å². The number of benzene rings is 1. The molecule has 1 aliphatic rings. The van der Waals surface area contributed by atoms with E-state index in [0.717, 1.165) is 29.9 Å². The lowest BCUT2D eigenvalue weighted by molar-refractivity contribution is -0.130. The van der Waals surface area contributed by atoms with E-state index in [1.807, 2.05) is 13.8 Å². The van der Waals surface area contributed by atoms with Crippen molar-refractivity contribution in [1.82, 2.24) is 10.1 Å². The second-order valence-electron chi connectivity index (χ2n) is 7.80. The van der Waals surface area contributed by atoms with Gasteiger partial charge in [-0.1, -0.05) is 18.5 Å². The van der Waals surface area contributed by atoms with Gasteiger partial charge in [-0.25, -0.2) is 0 Å². The molecule has 1 aromatic heterocycles. The number of ether oxygens (including phenoxy) is 1. The summed E-state index contributed by atoms with van der Waals surface area (Å²) in [5.41, 5.74) is 7.54. The van der Waals surface area contributed by atoms with Gasteiger partial charge in [0.05, 0.1) is 16.7 Å². The number of amides is 2. The summed E-state index contributed by atoms with van der Waals surface area (Å²) in [4.78, 5) is 26.6. The molecule has 29 heavy (non-hydrogen) atoms. The highest BCUT2D eigenvalue weighted by molar-refractivity contribution is 5.94. The molecule has 1 fully saturated rings. The summed E-state index contributed by atoms with van der Waals surface area (Å²) in [5, 5.41) is 3.92. The van der Waals surface area contributed by atoms with Crippen LogP contribution in [0, 0.1) is 19.3 Å². The van der Waals surface area contributed by atoms with Crippen molar-refractivity contribution in [2.45, 2.75) is 53.1 Å². The third kappa shape index (κ3) is 4.44. The van der Waals surface area contributed by atoms with Gasteiger partial charge in [-0.2, -0.15) is 0 Å². The second kappa shape index (κ2) is 8.68. The molecule has 0 saturated carbocycles. The van der Waals surface area contributed by atoms with Crippen LogP contribution in [0.25, 0.3) is 0 Å². The summed E-state index contributed by atoms with van der Waals surface area (Å²) in [6, 6.07) is 7.13. The lowest BCUT2D eigenvalue weighted by Crippen LogP contribution is -2.48. The maximum Gasteiger partial charge on any atom is 0.253 e. The normalized spacial score (nSPS) is 15.9. The van der Waals surface area contributed by atoms with Crippen molar-refractivity contribution in [3.8, 4) is 5.75 Å². The molecule has 7 nitrogen and oxygen atoms in total. The van der Waals surface area contributed by atoms with Gasteiger partial charge in [-0.3, -0.25) is 9.59 Å². The third-order valence-corrected chi connectivity index (χ3v) is 5.92. The Morgan fingerprint density at radius 1 is 1.21 bits per heavy atom. The quantitative estimate of drug-likeness (QED) is 0.769. The van der Waals surface area contributed by atoms with Gasteiger partial charge in [0.25, 0.3) is 5.91 Å².